The lowest BCUT2D eigenvalue weighted by Crippen LogP contribution is -2.30. The van der Waals surface area contributed by atoms with Gasteiger partial charge in [-0.05, 0) is 82.1 Å². The normalized spacial score (nSPS) is 15.2. The summed E-state index contributed by atoms with van der Waals surface area (Å²) in [6.07, 6.45) is 6.37. The summed E-state index contributed by atoms with van der Waals surface area (Å²) in [5.74, 6) is 0.0330. The molecule has 0 unspecified atom stereocenters. The Labute approximate surface area is 186 Å². The van der Waals surface area contributed by atoms with Crippen molar-refractivity contribution in [3.8, 4) is 0 Å². The van der Waals surface area contributed by atoms with Crippen LogP contribution in [0.4, 0.5) is 0 Å². The highest BCUT2D eigenvalue weighted by Crippen LogP contribution is 2.27. The third-order valence-electron chi connectivity index (χ3n) is 6.72. The average molecular weight is 418 g/mol. The molecule has 0 saturated carbocycles. The van der Waals surface area contributed by atoms with Crippen molar-refractivity contribution in [2.24, 2.45) is 0 Å². The fraction of sp³-hybridized carbons (Fsp3) is 0.444. The van der Waals surface area contributed by atoms with Crippen molar-refractivity contribution in [2.45, 2.75) is 52.5 Å². The predicted octanol–water partition coefficient (Wildman–Crippen LogP) is 5.30. The molecule has 0 atom stereocenters. The van der Waals surface area contributed by atoms with Gasteiger partial charge in [0.15, 0.2) is 0 Å². The first-order valence-corrected chi connectivity index (χ1v) is 11.8. The highest BCUT2D eigenvalue weighted by atomic mass is 16.1. The van der Waals surface area contributed by atoms with Gasteiger partial charge in [0.2, 0.25) is 0 Å². The zero-order chi connectivity index (χ0) is 21.6. The summed E-state index contributed by atoms with van der Waals surface area (Å²) in [6.45, 7) is 9.41. The van der Waals surface area contributed by atoms with Crippen molar-refractivity contribution in [2.75, 3.05) is 26.2 Å². The highest BCUT2D eigenvalue weighted by molar-refractivity contribution is 5.99. The van der Waals surface area contributed by atoms with E-state index in [0.717, 1.165) is 31.6 Å². The van der Waals surface area contributed by atoms with Gasteiger partial charge in [-0.25, -0.2) is 0 Å². The Balaban J connectivity index is 1.40. The predicted molar refractivity (Wildman–Crippen MR) is 129 cm³/mol. The Morgan fingerprint density at radius 1 is 0.968 bits per heavy atom. The van der Waals surface area contributed by atoms with Crippen molar-refractivity contribution in [3.63, 3.8) is 0 Å². The zero-order valence-electron chi connectivity index (χ0n) is 19.0. The van der Waals surface area contributed by atoms with Gasteiger partial charge in [-0.15, -0.1) is 0 Å². The topological polar surface area (TPSA) is 37.3 Å². The van der Waals surface area contributed by atoms with Crippen molar-refractivity contribution < 1.29 is 4.79 Å². The average Bonchev–Trinajstić information content (AvgIpc) is 2.98. The number of hydrogen-bond acceptors (Lipinski definition) is 2. The molecule has 31 heavy (non-hydrogen) atoms. The van der Waals surface area contributed by atoms with E-state index in [0.29, 0.717) is 0 Å². The number of nitrogens with zero attached hydrogens (tertiary/aromatic N) is 2. The standard InChI is InChI=1S/C27H35N3O/c1-21-22(2)30(20-23-11-6-5-7-12-23)26-14-13-24(19-25(21)26)27(31)28-15-10-18-29-16-8-3-4-9-17-29/h5-7,11-14,19H,3-4,8-10,15-18,20H2,1-2H3,(H,28,31). The molecule has 0 aliphatic carbocycles. The molecule has 1 N–H and O–H groups in total. The van der Waals surface area contributed by atoms with E-state index in [9.17, 15) is 4.79 Å². The molecule has 1 aliphatic heterocycles. The SMILES string of the molecule is Cc1c(C)n(Cc2ccccc2)c2ccc(C(=O)NCCCN3CCCCCC3)cc12. The molecule has 0 spiro atoms. The molecule has 2 aromatic carbocycles. The van der Waals surface area contributed by atoms with Crippen molar-refractivity contribution in [1.29, 1.82) is 0 Å². The number of carbonyl (C=O) groups is 1. The second-order valence-electron chi connectivity index (χ2n) is 8.88. The number of fused-ring (bicyclic) bond motifs is 1. The number of likely N-dealkylation sites (tertiary alicyclic amines) is 1. The fourth-order valence-electron chi connectivity index (χ4n) is 4.73. The molecule has 0 radical (unpaired) electrons. The number of aryl methyl sites for hydroxylation is 1. The Kier molecular flexibility index (Phi) is 7.08. The van der Waals surface area contributed by atoms with Crippen molar-refractivity contribution >= 4 is 16.8 Å². The second kappa shape index (κ2) is 10.1. The van der Waals surface area contributed by atoms with E-state index in [1.807, 2.05) is 12.1 Å². The lowest BCUT2D eigenvalue weighted by atomic mass is 10.1. The fourth-order valence-corrected chi connectivity index (χ4v) is 4.73. The molecular formula is C27H35N3O. The van der Waals surface area contributed by atoms with Gasteiger partial charge in [0.25, 0.3) is 5.91 Å². The van der Waals surface area contributed by atoms with Crippen molar-refractivity contribution in [3.05, 3.63) is 70.9 Å². The molecule has 1 saturated heterocycles. The number of rotatable bonds is 7. The van der Waals surface area contributed by atoms with E-state index in [1.165, 1.54) is 66.5 Å². The van der Waals surface area contributed by atoms with Gasteiger partial charge in [0.1, 0.15) is 0 Å². The molecule has 2 heterocycles. The number of nitrogens with one attached hydrogen (secondary N) is 1. The first-order chi connectivity index (χ1) is 15.1. The smallest absolute Gasteiger partial charge is 0.251 e. The van der Waals surface area contributed by atoms with E-state index >= 15 is 0 Å². The van der Waals surface area contributed by atoms with E-state index < -0.39 is 0 Å². The van der Waals surface area contributed by atoms with Crippen LogP contribution in [0.25, 0.3) is 10.9 Å². The maximum Gasteiger partial charge on any atom is 0.251 e. The second-order valence-corrected chi connectivity index (χ2v) is 8.88. The van der Waals surface area contributed by atoms with Gasteiger partial charge < -0.3 is 14.8 Å². The number of aromatic nitrogens is 1. The summed E-state index contributed by atoms with van der Waals surface area (Å²) in [4.78, 5) is 15.3. The molecule has 4 nitrogen and oxygen atoms in total. The van der Waals surface area contributed by atoms with Crippen LogP contribution in [0.3, 0.4) is 0 Å². The van der Waals surface area contributed by atoms with Gasteiger partial charge in [-0.3, -0.25) is 4.79 Å². The molecule has 164 valence electrons. The van der Waals surface area contributed by atoms with E-state index in [2.05, 4.69) is 65.0 Å². The molecule has 1 fully saturated rings. The Bertz CT molecular complexity index is 1010. The van der Waals surface area contributed by atoms with Crippen LogP contribution < -0.4 is 5.32 Å². The molecule has 4 rings (SSSR count). The first kappa shape index (κ1) is 21.6. The molecule has 1 amide bonds. The summed E-state index contributed by atoms with van der Waals surface area (Å²) in [6, 6.07) is 16.7. The molecule has 4 heteroatoms. The molecule has 1 aromatic heterocycles. The molecular weight excluding hydrogens is 382 g/mol. The Morgan fingerprint density at radius 2 is 1.71 bits per heavy atom. The number of carbonyl (C=O) groups excluding carboxylic acids is 1. The van der Waals surface area contributed by atoms with E-state index in [-0.39, 0.29) is 5.91 Å². The monoisotopic (exact) mass is 417 g/mol. The van der Waals surface area contributed by atoms with Crippen LogP contribution in [-0.2, 0) is 6.54 Å². The molecule has 3 aromatic rings. The van der Waals surface area contributed by atoms with Crippen LogP contribution in [0.2, 0.25) is 0 Å². The number of benzene rings is 2. The van der Waals surface area contributed by atoms with Gasteiger partial charge in [-0.2, -0.15) is 0 Å². The maximum absolute atomic E-state index is 12.8. The minimum atomic E-state index is 0.0330. The van der Waals surface area contributed by atoms with Crippen LogP contribution >= 0.6 is 0 Å². The lowest BCUT2D eigenvalue weighted by molar-refractivity contribution is 0.0952. The third-order valence-corrected chi connectivity index (χ3v) is 6.72. The minimum Gasteiger partial charge on any atom is -0.352 e. The largest absolute Gasteiger partial charge is 0.352 e. The Hall–Kier alpha value is -2.59. The van der Waals surface area contributed by atoms with E-state index in [4.69, 9.17) is 0 Å². The molecule has 0 bridgehead atoms. The van der Waals surface area contributed by atoms with Gasteiger partial charge in [0.05, 0.1) is 0 Å². The maximum atomic E-state index is 12.8. The quantitative estimate of drug-likeness (QED) is 0.530. The van der Waals surface area contributed by atoms with Crippen LogP contribution in [0.1, 0.15) is 59.3 Å². The number of hydrogen-bond donors (Lipinski definition) is 1. The first-order valence-electron chi connectivity index (χ1n) is 11.8. The highest BCUT2D eigenvalue weighted by Gasteiger charge is 2.14. The van der Waals surface area contributed by atoms with Crippen LogP contribution in [0.15, 0.2) is 48.5 Å². The van der Waals surface area contributed by atoms with Crippen LogP contribution in [-0.4, -0.2) is 41.6 Å². The van der Waals surface area contributed by atoms with Gasteiger partial charge in [-0.1, -0.05) is 43.2 Å². The van der Waals surface area contributed by atoms with Crippen LogP contribution in [0.5, 0.6) is 0 Å². The van der Waals surface area contributed by atoms with Gasteiger partial charge >= 0.3 is 0 Å². The Morgan fingerprint density at radius 3 is 2.45 bits per heavy atom. The van der Waals surface area contributed by atoms with Crippen molar-refractivity contribution in [1.82, 2.24) is 14.8 Å². The zero-order valence-corrected chi connectivity index (χ0v) is 19.0. The van der Waals surface area contributed by atoms with E-state index in [1.54, 1.807) is 0 Å². The minimum absolute atomic E-state index is 0.0330. The summed E-state index contributed by atoms with van der Waals surface area (Å²) in [5, 5.41) is 4.30. The summed E-state index contributed by atoms with van der Waals surface area (Å²) in [7, 11) is 0. The summed E-state index contributed by atoms with van der Waals surface area (Å²) in [5.41, 5.74) is 5.74. The lowest BCUT2D eigenvalue weighted by Gasteiger charge is -2.19. The number of amides is 1. The summed E-state index contributed by atoms with van der Waals surface area (Å²) < 4.78 is 2.35. The van der Waals surface area contributed by atoms with Crippen LogP contribution in [0, 0.1) is 13.8 Å². The van der Waals surface area contributed by atoms with Gasteiger partial charge in [0, 0.05) is 35.2 Å². The molecule has 1 aliphatic rings. The summed E-state index contributed by atoms with van der Waals surface area (Å²) >= 11 is 0. The third kappa shape index (κ3) is 5.19.